The zero-order valence-corrected chi connectivity index (χ0v) is 31.2. The lowest BCUT2D eigenvalue weighted by Crippen LogP contribution is -2.28. The molecule has 3 atom stereocenters. The molecule has 6 aromatic rings. The Bertz CT molecular complexity index is 2500. The Morgan fingerprint density at radius 1 is 0.593 bits per heavy atom. The van der Waals surface area contributed by atoms with Crippen LogP contribution in [-0.4, -0.2) is 6.04 Å². The first-order valence-corrected chi connectivity index (χ1v) is 19.4. The van der Waals surface area contributed by atoms with E-state index in [4.69, 9.17) is 0 Å². The lowest BCUT2D eigenvalue weighted by molar-refractivity contribution is 0.643. The minimum Gasteiger partial charge on any atom is -0.333 e. The van der Waals surface area contributed by atoms with Gasteiger partial charge in [0, 0.05) is 39.8 Å². The van der Waals surface area contributed by atoms with Gasteiger partial charge in [-0.05, 0) is 123 Å². The van der Waals surface area contributed by atoms with Gasteiger partial charge >= 0.3 is 0 Å². The molecule has 0 amide bonds. The van der Waals surface area contributed by atoms with Gasteiger partial charge in [0.2, 0.25) is 0 Å². The van der Waals surface area contributed by atoms with Crippen LogP contribution >= 0.6 is 0 Å². The van der Waals surface area contributed by atoms with Crippen molar-refractivity contribution < 1.29 is 0 Å². The summed E-state index contributed by atoms with van der Waals surface area (Å²) in [4.78, 5) is 4.92. The Balaban J connectivity index is 0.983. The van der Waals surface area contributed by atoms with Crippen LogP contribution in [0.1, 0.15) is 49.8 Å². The van der Waals surface area contributed by atoms with Crippen LogP contribution < -0.4 is 9.80 Å². The van der Waals surface area contributed by atoms with E-state index in [-0.39, 0.29) is 11.5 Å². The number of fused-ring (bicyclic) bond motifs is 5. The number of hydrogen-bond donors (Lipinski definition) is 0. The summed E-state index contributed by atoms with van der Waals surface area (Å²) in [6.07, 6.45) is 15.0. The lowest BCUT2D eigenvalue weighted by Gasteiger charge is -2.29. The van der Waals surface area contributed by atoms with Crippen molar-refractivity contribution in [3.63, 3.8) is 0 Å². The molecule has 0 spiro atoms. The molecule has 2 nitrogen and oxygen atoms in total. The van der Waals surface area contributed by atoms with Crippen LogP contribution in [0.3, 0.4) is 0 Å². The zero-order chi connectivity index (χ0) is 36.4. The highest BCUT2D eigenvalue weighted by molar-refractivity contribution is 5.87. The second-order valence-corrected chi connectivity index (χ2v) is 15.8. The molecular weight excluding hydrogens is 653 g/mol. The highest BCUT2D eigenvalue weighted by atomic mass is 15.2. The zero-order valence-electron chi connectivity index (χ0n) is 31.2. The molecule has 0 radical (unpaired) electrons. The van der Waals surface area contributed by atoms with Gasteiger partial charge < -0.3 is 9.80 Å². The topological polar surface area (TPSA) is 6.48 Å². The Hall–Kier alpha value is -6.12. The number of anilines is 5. The summed E-state index contributed by atoms with van der Waals surface area (Å²) in [5, 5.41) is 0. The normalized spacial score (nSPS) is 20.1. The maximum Gasteiger partial charge on any atom is 0.0629 e. The molecule has 3 aliphatic carbocycles. The van der Waals surface area contributed by atoms with Gasteiger partial charge in [-0.2, -0.15) is 0 Å². The van der Waals surface area contributed by atoms with Crippen molar-refractivity contribution in [2.75, 3.05) is 9.80 Å². The van der Waals surface area contributed by atoms with Crippen molar-refractivity contribution in [1.29, 1.82) is 0 Å². The van der Waals surface area contributed by atoms with E-state index in [1.54, 1.807) is 0 Å². The predicted molar refractivity (Wildman–Crippen MR) is 228 cm³/mol. The molecule has 54 heavy (non-hydrogen) atoms. The molecule has 0 aromatic heterocycles. The third kappa shape index (κ3) is 5.31. The minimum atomic E-state index is -0.0272. The molecule has 0 bridgehead atoms. The summed E-state index contributed by atoms with van der Waals surface area (Å²) in [5.41, 5.74) is 18.1. The van der Waals surface area contributed by atoms with Gasteiger partial charge in [0.25, 0.3) is 0 Å². The Kier molecular flexibility index (Phi) is 7.70. The maximum absolute atomic E-state index is 2.51. The summed E-state index contributed by atoms with van der Waals surface area (Å²) in [6, 6.07) is 54.0. The predicted octanol–water partition coefficient (Wildman–Crippen LogP) is 13.9. The molecule has 6 aromatic carbocycles. The average molecular weight is 697 g/mol. The fourth-order valence-electron chi connectivity index (χ4n) is 9.39. The Morgan fingerprint density at radius 2 is 1.22 bits per heavy atom. The van der Waals surface area contributed by atoms with Gasteiger partial charge in [-0.25, -0.2) is 0 Å². The van der Waals surface area contributed by atoms with Gasteiger partial charge in [0.1, 0.15) is 0 Å². The van der Waals surface area contributed by atoms with E-state index in [0.717, 1.165) is 17.8 Å². The SMILES string of the molecule is CC1C=CC2=C(C1)c1ccc(N(c3ccccc3)c3ccc(-c4ccc5c(c4)C4C=CC=CC4N5c4ccc(-c5ccccc5)cc4)cc3)cc1C2(C)C. The fourth-order valence-corrected chi connectivity index (χ4v) is 9.39. The first kappa shape index (κ1) is 32.5. The van der Waals surface area contributed by atoms with Crippen molar-refractivity contribution in [3.8, 4) is 22.3 Å². The smallest absolute Gasteiger partial charge is 0.0629 e. The second-order valence-electron chi connectivity index (χ2n) is 15.8. The maximum atomic E-state index is 2.51. The minimum absolute atomic E-state index is 0.0272. The third-order valence-corrected chi connectivity index (χ3v) is 12.2. The fraction of sp³-hybridized carbons (Fsp3) is 0.154. The number of para-hydroxylation sites is 1. The third-order valence-electron chi connectivity index (χ3n) is 12.2. The number of hydrogen-bond acceptors (Lipinski definition) is 2. The number of benzene rings is 6. The molecule has 262 valence electrons. The summed E-state index contributed by atoms with van der Waals surface area (Å²) in [7, 11) is 0. The van der Waals surface area contributed by atoms with E-state index in [1.807, 2.05) is 0 Å². The van der Waals surface area contributed by atoms with E-state index in [0.29, 0.717) is 11.8 Å². The van der Waals surface area contributed by atoms with Crippen LogP contribution in [0.4, 0.5) is 28.4 Å². The largest absolute Gasteiger partial charge is 0.333 e. The molecular formula is C52H44N2. The quantitative estimate of drug-likeness (QED) is 0.171. The van der Waals surface area contributed by atoms with Gasteiger partial charge in [-0.3, -0.25) is 0 Å². The van der Waals surface area contributed by atoms with E-state index >= 15 is 0 Å². The standard InChI is InChI=1S/C52H44N2/c1-35-18-30-48-46(32-35)44-29-28-43(34-49(44)52(48,2)3)53(40-14-8-5-9-15-40)41-24-21-38(22-25-41)39-23-31-51-47(33-39)45-16-10-11-17-50(45)54(51)42-26-19-37(20-27-42)36-12-6-4-7-13-36/h4-31,33-35,45,50H,32H2,1-3H3. The highest BCUT2D eigenvalue weighted by Crippen LogP contribution is 2.53. The van der Waals surface area contributed by atoms with Crippen LogP contribution in [-0.2, 0) is 5.41 Å². The first-order valence-electron chi connectivity index (χ1n) is 19.4. The van der Waals surface area contributed by atoms with Gasteiger partial charge in [0.05, 0.1) is 6.04 Å². The van der Waals surface area contributed by atoms with Crippen LogP contribution in [0.2, 0.25) is 0 Å². The van der Waals surface area contributed by atoms with Gasteiger partial charge in [0.15, 0.2) is 0 Å². The lowest BCUT2D eigenvalue weighted by atomic mass is 9.79. The van der Waals surface area contributed by atoms with Crippen LogP contribution in [0, 0.1) is 5.92 Å². The molecule has 4 aliphatic rings. The molecule has 2 heteroatoms. The van der Waals surface area contributed by atoms with Crippen molar-refractivity contribution >= 4 is 34.0 Å². The second kappa shape index (κ2) is 12.8. The number of nitrogens with zero attached hydrogens (tertiary/aromatic N) is 2. The number of rotatable bonds is 6. The van der Waals surface area contributed by atoms with Crippen molar-refractivity contribution in [2.45, 2.75) is 44.6 Å². The Morgan fingerprint density at radius 3 is 2.00 bits per heavy atom. The molecule has 3 unspecified atom stereocenters. The molecule has 0 saturated carbocycles. The summed E-state index contributed by atoms with van der Waals surface area (Å²) >= 11 is 0. The van der Waals surface area contributed by atoms with Gasteiger partial charge in [-0.15, -0.1) is 0 Å². The average Bonchev–Trinajstić information content (AvgIpc) is 3.66. The van der Waals surface area contributed by atoms with E-state index in [2.05, 4.69) is 213 Å². The first-order chi connectivity index (χ1) is 26.4. The monoisotopic (exact) mass is 696 g/mol. The van der Waals surface area contributed by atoms with E-state index in [1.165, 1.54) is 67.2 Å². The molecule has 0 saturated heterocycles. The molecule has 0 fully saturated rings. The number of allylic oxidation sites excluding steroid dienone is 6. The van der Waals surface area contributed by atoms with Crippen molar-refractivity contribution in [3.05, 3.63) is 204 Å². The van der Waals surface area contributed by atoms with Crippen molar-refractivity contribution in [1.82, 2.24) is 0 Å². The van der Waals surface area contributed by atoms with Crippen LogP contribution in [0.25, 0.3) is 27.8 Å². The summed E-state index contributed by atoms with van der Waals surface area (Å²) < 4.78 is 0. The van der Waals surface area contributed by atoms with E-state index < -0.39 is 0 Å². The van der Waals surface area contributed by atoms with E-state index in [9.17, 15) is 0 Å². The summed E-state index contributed by atoms with van der Waals surface area (Å²) in [5.74, 6) is 0.874. The van der Waals surface area contributed by atoms with Gasteiger partial charge in [-0.1, -0.05) is 142 Å². The summed E-state index contributed by atoms with van der Waals surface area (Å²) in [6.45, 7) is 7.10. The Labute approximate surface area is 319 Å². The molecule has 0 N–H and O–H groups in total. The highest BCUT2D eigenvalue weighted by Gasteiger charge is 2.39. The molecule has 1 heterocycles. The molecule has 1 aliphatic heterocycles. The van der Waals surface area contributed by atoms with Crippen molar-refractivity contribution in [2.24, 2.45) is 5.92 Å². The molecule has 10 rings (SSSR count). The van der Waals surface area contributed by atoms with Crippen LogP contribution in [0.15, 0.2) is 188 Å². The van der Waals surface area contributed by atoms with Crippen LogP contribution in [0.5, 0.6) is 0 Å².